The van der Waals surface area contributed by atoms with Crippen molar-refractivity contribution in [3.05, 3.63) is 5.01 Å². The highest BCUT2D eigenvalue weighted by atomic mass is 32.2. The molecule has 6 heteroatoms. The molecule has 0 aliphatic carbocycles. The molecule has 1 unspecified atom stereocenters. The van der Waals surface area contributed by atoms with Crippen LogP contribution >= 0.6 is 23.1 Å². The predicted octanol–water partition coefficient (Wildman–Crippen LogP) is 2.73. The van der Waals surface area contributed by atoms with E-state index < -0.39 is 0 Å². The minimum Gasteiger partial charge on any atom is -0.377 e. The van der Waals surface area contributed by atoms with Crippen LogP contribution in [0.5, 0.6) is 0 Å². The van der Waals surface area contributed by atoms with Gasteiger partial charge in [-0.25, -0.2) is 0 Å². The number of rotatable bonds is 8. The SMILES string of the molecule is CCCNC(CSc1nnc(C)s1)C(C)(C)OC. The van der Waals surface area contributed by atoms with E-state index >= 15 is 0 Å². The molecule has 1 rings (SSSR count). The van der Waals surface area contributed by atoms with Crippen LogP contribution in [0, 0.1) is 6.92 Å². The smallest absolute Gasteiger partial charge is 0.174 e. The summed E-state index contributed by atoms with van der Waals surface area (Å²) in [7, 11) is 1.76. The molecule has 0 amide bonds. The zero-order chi connectivity index (χ0) is 13.6. The van der Waals surface area contributed by atoms with Crippen LogP contribution in [-0.4, -0.2) is 41.2 Å². The van der Waals surface area contributed by atoms with Crippen molar-refractivity contribution in [2.75, 3.05) is 19.4 Å². The molecule has 1 heterocycles. The third kappa shape index (κ3) is 4.84. The first-order valence-electron chi connectivity index (χ1n) is 6.21. The number of hydrogen-bond donors (Lipinski definition) is 1. The van der Waals surface area contributed by atoms with Gasteiger partial charge in [0.25, 0.3) is 0 Å². The highest BCUT2D eigenvalue weighted by Crippen LogP contribution is 2.26. The molecule has 0 saturated heterocycles. The normalized spacial score (nSPS) is 13.8. The van der Waals surface area contributed by atoms with E-state index in [2.05, 4.69) is 36.3 Å². The lowest BCUT2D eigenvalue weighted by Crippen LogP contribution is -2.50. The molecule has 0 aliphatic rings. The molecule has 0 aromatic carbocycles. The van der Waals surface area contributed by atoms with Crippen molar-refractivity contribution in [2.24, 2.45) is 0 Å². The van der Waals surface area contributed by atoms with Crippen LogP contribution in [0.2, 0.25) is 0 Å². The second kappa shape index (κ2) is 7.43. The third-order valence-electron chi connectivity index (χ3n) is 2.89. The lowest BCUT2D eigenvalue weighted by atomic mass is 10.0. The Kier molecular flexibility index (Phi) is 6.55. The van der Waals surface area contributed by atoms with Crippen molar-refractivity contribution >= 4 is 23.1 Å². The van der Waals surface area contributed by atoms with Crippen molar-refractivity contribution in [2.45, 2.75) is 50.1 Å². The van der Waals surface area contributed by atoms with E-state index in [1.54, 1.807) is 30.2 Å². The average molecular weight is 289 g/mol. The molecule has 1 aromatic rings. The van der Waals surface area contributed by atoms with Gasteiger partial charge >= 0.3 is 0 Å². The molecule has 0 aliphatic heterocycles. The molecule has 18 heavy (non-hydrogen) atoms. The highest BCUT2D eigenvalue weighted by molar-refractivity contribution is 8.01. The van der Waals surface area contributed by atoms with Crippen LogP contribution in [0.4, 0.5) is 0 Å². The zero-order valence-corrected chi connectivity index (χ0v) is 13.5. The number of aryl methyl sites for hydroxylation is 1. The molecular formula is C12H23N3OS2. The topological polar surface area (TPSA) is 47.0 Å². The highest BCUT2D eigenvalue weighted by Gasteiger charge is 2.29. The summed E-state index contributed by atoms with van der Waals surface area (Å²) < 4.78 is 6.61. The number of hydrogen-bond acceptors (Lipinski definition) is 6. The fraction of sp³-hybridized carbons (Fsp3) is 0.833. The standard InChI is InChI=1S/C12H23N3OS2/c1-6-7-13-10(12(3,4)16-5)8-17-11-15-14-9(2)18-11/h10,13H,6-8H2,1-5H3. The maximum atomic E-state index is 5.58. The summed E-state index contributed by atoms with van der Waals surface area (Å²) in [5, 5.41) is 12.7. The van der Waals surface area contributed by atoms with Gasteiger partial charge in [-0.3, -0.25) is 0 Å². The van der Waals surface area contributed by atoms with Crippen LogP contribution in [0.1, 0.15) is 32.2 Å². The molecule has 0 spiro atoms. The Bertz CT molecular complexity index is 355. The van der Waals surface area contributed by atoms with E-state index in [1.165, 1.54) is 0 Å². The molecule has 0 fully saturated rings. The van der Waals surface area contributed by atoms with E-state index in [9.17, 15) is 0 Å². The number of ether oxygens (including phenoxy) is 1. The van der Waals surface area contributed by atoms with Crippen LogP contribution in [0.25, 0.3) is 0 Å². The van der Waals surface area contributed by atoms with Crippen molar-refractivity contribution in [3.8, 4) is 0 Å². The molecule has 0 radical (unpaired) electrons. The average Bonchev–Trinajstić information content (AvgIpc) is 2.75. The Morgan fingerprint density at radius 3 is 2.67 bits per heavy atom. The second-order valence-electron chi connectivity index (χ2n) is 4.71. The van der Waals surface area contributed by atoms with Crippen LogP contribution < -0.4 is 5.32 Å². The largest absolute Gasteiger partial charge is 0.377 e. The fourth-order valence-electron chi connectivity index (χ4n) is 1.46. The van der Waals surface area contributed by atoms with Crippen molar-refractivity contribution in [3.63, 3.8) is 0 Å². The van der Waals surface area contributed by atoms with Crippen LogP contribution in [0.15, 0.2) is 4.34 Å². The maximum Gasteiger partial charge on any atom is 0.174 e. The molecule has 1 aromatic heterocycles. The number of thioether (sulfide) groups is 1. The number of aromatic nitrogens is 2. The van der Waals surface area contributed by atoms with E-state index in [-0.39, 0.29) is 5.60 Å². The quantitative estimate of drug-likeness (QED) is 0.746. The van der Waals surface area contributed by atoms with Gasteiger partial charge in [0.05, 0.1) is 5.60 Å². The predicted molar refractivity (Wildman–Crippen MR) is 78.5 cm³/mol. The molecule has 4 nitrogen and oxygen atoms in total. The first-order chi connectivity index (χ1) is 8.49. The van der Waals surface area contributed by atoms with Gasteiger partial charge in [0.2, 0.25) is 0 Å². The fourth-order valence-corrected chi connectivity index (χ4v) is 3.60. The molecule has 0 bridgehead atoms. The van der Waals surface area contributed by atoms with Gasteiger partial charge in [-0.2, -0.15) is 0 Å². The summed E-state index contributed by atoms with van der Waals surface area (Å²) >= 11 is 3.39. The number of nitrogens with one attached hydrogen (secondary N) is 1. The summed E-state index contributed by atoms with van der Waals surface area (Å²) in [5.74, 6) is 0.940. The van der Waals surface area contributed by atoms with E-state index in [0.717, 1.165) is 28.1 Å². The molecule has 1 atom stereocenters. The van der Waals surface area contributed by atoms with Gasteiger partial charge in [0.15, 0.2) is 4.34 Å². The molecule has 0 saturated carbocycles. The van der Waals surface area contributed by atoms with Crippen LogP contribution in [-0.2, 0) is 4.74 Å². The monoisotopic (exact) mass is 289 g/mol. The summed E-state index contributed by atoms with van der Waals surface area (Å²) in [6, 6.07) is 0.302. The second-order valence-corrected chi connectivity index (χ2v) is 7.16. The van der Waals surface area contributed by atoms with Gasteiger partial charge in [0.1, 0.15) is 5.01 Å². The van der Waals surface area contributed by atoms with Gasteiger partial charge in [-0.15, -0.1) is 10.2 Å². The van der Waals surface area contributed by atoms with Crippen molar-refractivity contribution in [1.82, 2.24) is 15.5 Å². The van der Waals surface area contributed by atoms with E-state index in [0.29, 0.717) is 6.04 Å². The molecular weight excluding hydrogens is 266 g/mol. The van der Waals surface area contributed by atoms with Gasteiger partial charge in [-0.05, 0) is 33.7 Å². The van der Waals surface area contributed by atoms with E-state index in [1.807, 2.05) is 6.92 Å². The number of methoxy groups -OCH3 is 1. The Hall–Kier alpha value is -0.170. The maximum absolute atomic E-state index is 5.58. The minimum absolute atomic E-state index is 0.179. The van der Waals surface area contributed by atoms with Crippen molar-refractivity contribution in [1.29, 1.82) is 0 Å². The minimum atomic E-state index is -0.179. The van der Waals surface area contributed by atoms with Gasteiger partial charge in [-0.1, -0.05) is 30.0 Å². The zero-order valence-electron chi connectivity index (χ0n) is 11.8. The Labute approximate surface area is 118 Å². The van der Waals surface area contributed by atoms with Crippen LogP contribution in [0.3, 0.4) is 0 Å². The number of nitrogens with zero attached hydrogens (tertiary/aromatic N) is 2. The van der Waals surface area contributed by atoms with Gasteiger partial charge in [0, 0.05) is 18.9 Å². The van der Waals surface area contributed by atoms with Crippen molar-refractivity contribution < 1.29 is 4.74 Å². The third-order valence-corrected chi connectivity index (χ3v) is 4.95. The Morgan fingerprint density at radius 1 is 1.44 bits per heavy atom. The molecule has 104 valence electrons. The van der Waals surface area contributed by atoms with Gasteiger partial charge < -0.3 is 10.1 Å². The molecule has 1 N–H and O–H groups in total. The Morgan fingerprint density at radius 2 is 2.17 bits per heavy atom. The van der Waals surface area contributed by atoms with E-state index in [4.69, 9.17) is 4.74 Å². The lowest BCUT2D eigenvalue weighted by Gasteiger charge is -2.33. The summed E-state index contributed by atoms with van der Waals surface area (Å²) in [4.78, 5) is 0. The summed E-state index contributed by atoms with van der Waals surface area (Å²) in [6.07, 6.45) is 1.12. The first kappa shape index (κ1) is 15.9. The first-order valence-corrected chi connectivity index (χ1v) is 8.01. The summed E-state index contributed by atoms with van der Waals surface area (Å²) in [6.45, 7) is 9.39. The lowest BCUT2D eigenvalue weighted by molar-refractivity contribution is -0.00345. The summed E-state index contributed by atoms with van der Waals surface area (Å²) in [5.41, 5.74) is -0.179. The Balaban J connectivity index is 2.55.